The topological polar surface area (TPSA) is 89.5 Å². The summed E-state index contributed by atoms with van der Waals surface area (Å²) in [4.78, 5) is 24.3. The maximum atomic E-state index is 13.0. The predicted octanol–water partition coefficient (Wildman–Crippen LogP) is 3.11. The van der Waals surface area contributed by atoms with Gasteiger partial charge in [-0.15, -0.1) is 0 Å². The van der Waals surface area contributed by atoms with Gasteiger partial charge in [-0.25, -0.2) is 12.8 Å². The zero-order valence-corrected chi connectivity index (χ0v) is 17.3. The first-order valence-electron chi connectivity index (χ1n) is 9.13. The van der Waals surface area contributed by atoms with Gasteiger partial charge in [-0.05, 0) is 50.6 Å². The van der Waals surface area contributed by atoms with Gasteiger partial charge in [0.05, 0.1) is 23.1 Å². The molecular formula is C21H24FNO5S. The molecule has 156 valence electrons. The minimum Gasteiger partial charge on any atom is -0.453 e. The molecule has 1 N–H and O–H groups in total. The lowest BCUT2D eigenvalue weighted by molar-refractivity contribution is -0.154. The summed E-state index contributed by atoms with van der Waals surface area (Å²) in [6, 6.07) is 11.6. The number of halogens is 1. The van der Waals surface area contributed by atoms with Crippen molar-refractivity contribution in [2.24, 2.45) is 0 Å². The number of ether oxygens (including phenoxy) is 1. The predicted molar refractivity (Wildman–Crippen MR) is 106 cm³/mol. The molecule has 8 heteroatoms. The van der Waals surface area contributed by atoms with E-state index in [-0.39, 0.29) is 17.1 Å². The minimum absolute atomic E-state index is 0.134. The van der Waals surface area contributed by atoms with Gasteiger partial charge in [0.15, 0.2) is 15.9 Å². The fourth-order valence-electron chi connectivity index (χ4n) is 2.56. The zero-order chi connectivity index (χ0) is 21.6. The standard InChI is InChI=1S/C21H24FNO5S/c1-14-4-10-19(11-5-14)29(26,27)13-12-20(24)28-16(3)21(25)23-15(2)17-6-8-18(22)9-7-17/h4-11,15-16H,12-13H2,1-3H3,(H,23,25)/t15-,16+/m1/s1. The van der Waals surface area contributed by atoms with Crippen molar-refractivity contribution in [1.82, 2.24) is 5.32 Å². The Balaban J connectivity index is 1.85. The molecule has 0 aromatic heterocycles. The Bertz CT molecular complexity index is 956. The molecule has 0 aliphatic heterocycles. The van der Waals surface area contributed by atoms with Gasteiger partial charge in [0, 0.05) is 0 Å². The molecule has 2 rings (SSSR count). The van der Waals surface area contributed by atoms with Crippen LogP contribution in [0.4, 0.5) is 4.39 Å². The average Bonchev–Trinajstić information content (AvgIpc) is 2.67. The summed E-state index contributed by atoms with van der Waals surface area (Å²) >= 11 is 0. The highest BCUT2D eigenvalue weighted by molar-refractivity contribution is 7.91. The van der Waals surface area contributed by atoms with E-state index in [0.717, 1.165) is 5.56 Å². The molecule has 2 aromatic carbocycles. The van der Waals surface area contributed by atoms with Crippen LogP contribution < -0.4 is 5.32 Å². The number of amides is 1. The van der Waals surface area contributed by atoms with E-state index in [1.54, 1.807) is 31.2 Å². The van der Waals surface area contributed by atoms with Crippen LogP contribution in [0.15, 0.2) is 53.4 Å². The van der Waals surface area contributed by atoms with Gasteiger partial charge in [0.25, 0.3) is 5.91 Å². The Morgan fingerprint density at radius 3 is 2.21 bits per heavy atom. The molecule has 0 saturated heterocycles. The summed E-state index contributed by atoms with van der Waals surface area (Å²) in [5.41, 5.74) is 1.63. The van der Waals surface area contributed by atoms with Crippen LogP contribution in [0.5, 0.6) is 0 Å². The van der Waals surface area contributed by atoms with Gasteiger partial charge < -0.3 is 10.1 Å². The number of aryl methyl sites for hydroxylation is 1. The number of rotatable bonds is 8. The maximum absolute atomic E-state index is 13.0. The maximum Gasteiger partial charge on any atom is 0.307 e. The molecule has 0 fully saturated rings. The van der Waals surface area contributed by atoms with Crippen LogP contribution in [0.3, 0.4) is 0 Å². The molecule has 0 radical (unpaired) electrons. The monoisotopic (exact) mass is 421 g/mol. The van der Waals surface area contributed by atoms with Crippen molar-refractivity contribution in [3.8, 4) is 0 Å². The molecule has 0 saturated carbocycles. The lowest BCUT2D eigenvalue weighted by Crippen LogP contribution is -2.37. The third-order valence-corrected chi connectivity index (χ3v) is 6.09. The van der Waals surface area contributed by atoms with E-state index >= 15 is 0 Å². The number of carbonyl (C=O) groups is 2. The van der Waals surface area contributed by atoms with Crippen molar-refractivity contribution in [2.75, 3.05) is 5.75 Å². The first-order chi connectivity index (χ1) is 13.6. The second-order valence-electron chi connectivity index (χ2n) is 6.80. The largest absolute Gasteiger partial charge is 0.453 e. The molecular weight excluding hydrogens is 397 g/mol. The van der Waals surface area contributed by atoms with Gasteiger partial charge in [0.2, 0.25) is 0 Å². The highest BCUT2D eigenvalue weighted by Gasteiger charge is 2.22. The highest BCUT2D eigenvalue weighted by atomic mass is 32.2. The lowest BCUT2D eigenvalue weighted by atomic mass is 10.1. The van der Waals surface area contributed by atoms with Crippen LogP contribution in [0.2, 0.25) is 0 Å². The second kappa shape index (κ2) is 9.65. The number of esters is 1. The quantitative estimate of drug-likeness (QED) is 0.662. The molecule has 6 nitrogen and oxygen atoms in total. The molecule has 0 spiro atoms. The van der Waals surface area contributed by atoms with E-state index in [9.17, 15) is 22.4 Å². The van der Waals surface area contributed by atoms with Crippen molar-refractivity contribution in [1.29, 1.82) is 0 Å². The Kier molecular flexibility index (Phi) is 7.50. The Hall–Kier alpha value is -2.74. The van der Waals surface area contributed by atoms with E-state index in [2.05, 4.69) is 5.32 Å². The third-order valence-electron chi connectivity index (χ3n) is 4.36. The third kappa shape index (κ3) is 6.67. The van der Waals surface area contributed by atoms with Gasteiger partial charge in [0.1, 0.15) is 5.82 Å². The molecule has 0 aliphatic carbocycles. The first kappa shape index (κ1) is 22.5. The minimum atomic E-state index is -3.62. The number of benzene rings is 2. The summed E-state index contributed by atoms with van der Waals surface area (Å²) < 4.78 is 42.6. The number of hydrogen-bond acceptors (Lipinski definition) is 5. The van der Waals surface area contributed by atoms with Crippen LogP contribution in [0.1, 0.15) is 37.4 Å². The van der Waals surface area contributed by atoms with Crippen molar-refractivity contribution in [3.63, 3.8) is 0 Å². The van der Waals surface area contributed by atoms with Crippen LogP contribution in [0, 0.1) is 12.7 Å². The fraction of sp³-hybridized carbons (Fsp3) is 0.333. The van der Waals surface area contributed by atoms with Crippen LogP contribution in [0.25, 0.3) is 0 Å². The number of hydrogen-bond donors (Lipinski definition) is 1. The fourth-order valence-corrected chi connectivity index (χ4v) is 3.78. The van der Waals surface area contributed by atoms with Gasteiger partial charge in [-0.3, -0.25) is 9.59 Å². The Morgan fingerprint density at radius 1 is 1.03 bits per heavy atom. The van der Waals surface area contributed by atoms with Gasteiger partial charge in [-0.2, -0.15) is 0 Å². The summed E-state index contributed by atoms with van der Waals surface area (Å²) in [6.07, 6.45) is -1.45. The first-order valence-corrected chi connectivity index (χ1v) is 10.8. The smallest absolute Gasteiger partial charge is 0.307 e. The number of sulfone groups is 1. The highest BCUT2D eigenvalue weighted by Crippen LogP contribution is 2.15. The van der Waals surface area contributed by atoms with Crippen LogP contribution >= 0.6 is 0 Å². The lowest BCUT2D eigenvalue weighted by Gasteiger charge is -2.18. The molecule has 0 heterocycles. The molecule has 2 aromatic rings. The van der Waals surface area contributed by atoms with E-state index in [1.807, 2.05) is 6.92 Å². The normalized spacial score (nSPS) is 13.4. The van der Waals surface area contributed by atoms with Crippen molar-refractivity contribution < 1.29 is 27.1 Å². The summed E-state index contributed by atoms with van der Waals surface area (Å²) in [6.45, 7) is 4.96. The molecule has 0 aliphatic rings. The molecule has 0 bridgehead atoms. The van der Waals surface area contributed by atoms with E-state index < -0.39 is 39.6 Å². The summed E-state index contributed by atoms with van der Waals surface area (Å²) in [7, 11) is -3.62. The van der Waals surface area contributed by atoms with E-state index in [0.29, 0.717) is 5.56 Å². The second-order valence-corrected chi connectivity index (χ2v) is 8.90. The van der Waals surface area contributed by atoms with Gasteiger partial charge in [-0.1, -0.05) is 29.8 Å². The van der Waals surface area contributed by atoms with Crippen LogP contribution in [-0.4, -0.2) is 32.2 Å². The van der Waals surface area contributed by atoms with Gasteiger partial charge >= 0.3 is 5.97 Å². The molecule has 29 heavy (non-hydrogen) atoms. The van der Waals surface area contributed by atoms with E-state index in [4.69, 9.17) is 4.74 Å². The summed E-state index contributed by atoms with van der Waals surface area (Å²) in [5.74, 6) is -2.10. The van der Waals surface area contributed by atoms with Crippen LogP contribution in [-0.2, 0) is 24.2 Å². The van der Waals surface area contributed by atoms with Crippen molar-refractivity contribution >= 4 is 21.7 Å². The number of nitrogens with one attached hydrogen (secondary N) is 1. The van der Waals surface area contributed by atoms with Crippen molar-refractivity contribution in [3.05, 3.63) is 65.5 Å². The van der Waals surface area contributed by atoms with Crippen molar-refractivity contribution in [2.45, 2.75) is 44.2 Å². The average molecular weight is 421 g/mol. The molecule has 0 unspecified atom stereocenters. The molecule has 1 amide bonds. The van der Waals surface area contributed by atoms with E-state index in [1.165, 1.54) is 31.2 Å². The SMILES string of the molecule is Cc1ccc(S(=O)(=O)CCC(=O)O[C@@H](C)C(=O)N[C@H](C)c2ccc(F)cc2)cc1. The molecule has 2 atom stereocenters. The Morgan fingerprint density at radius 2 is 1.62 bits per heavy atom. The summed E-state index contributed by atoms with van der Waals surface area (Å²) in [5, 5.41) is 2.67. The Labute approximate surface area is 170 Å². The zero-order valence-electron chi connectivity index (χ0n) is 16.5. The number of carbonyl (C=O) groups excluding carboxylic acids is 2.